The average Bonchev–Trinajstić information content (AvgIpc) is 2.87. The average molecular weight is 265 g/mol. The van der Waals surface area contributed by atoms with E-state index < -0.39 is 5.97 Å². The van der Waals surface area contributed by atoms with Crippen molar-refractivity contribution in [3.05, 3.63) is 24.3 Å². The van der Waals surface area contributed by atoms with E-state index in [4.69, 9.17) is 14.6 Å². The van der Waals surface area contributed by atoms with E-state index in [2.05, 4.69) is 0 Å². The third-order valence-corrected chi connectivity index (χ3v) is 3.34. The fourth-order valence-corrected chi connectivity index (χ4v) is 2.35. The quantitative estimate of drug-likeness (QED) is 0.847. The molecule has 0 unspecified atom stereocenters. The minimum absolute atomic E-state index is 0.353. The van der Waals surface area contributed by atoms with Crippen molar-refractivity contribution in [3.8, 4) is 11.5 Å². The summed E-state index contributed by atoms with van der Waals surface area (Å²) in [6.45, 7) is 1.95. The summed E-state index contributed by atoms with van der Waals surface area (Å²) in [5.41, 5.74) is 0. The van der Waals surface area contributed by atoms with Crippen LogP contribution in [0.5, 0.6) is 11.5 Å². The Hall–Kier alpha value is -1.75. The van der Waals surface area contributed by atoms with E-state index in [-0.39, 0.29) is 6.04 Å². The predicted molar refractivity (Wildman–Crippen MR) is 70.7 cm³/mol. The topological polar surface area (TPSA) is 59.0 Å². The van der Waals surface area contributed by atoms with Gasteiger partial charge in [-0.05, 0) is 31.5 Å². The number of rotatable bonds is 6. The van der Waals surface area contributed by atoms with Crippen LogP contribution in [0.25, 0.3) is 0 Å². The summed E-state index contributed by atoms with van der Waals surface area (Å²) in [7, 11) is 1.61. The molecule has 2 rings (SSSR count). The van der Waals surface area contributed by atoms with Crippen molar-refractivity contribution in [2.24, 2.45) is 0 Å². The maximum Gasteiger partial charge on any atom is 0.320 e. The predicted octanol–water partition coefficient (Wildman–Crippen LogP) is 1.62. The van der Waals surface area contributed by atoms with Crippen LogP contribution >= 0.6 is 0 Å². The lowest BCUT2D eigenvalue weighted by atomic mass is 10.2. The van der Waals surface area contributed by atoms with Gasteiger partial charge in [0.15, 0.2) is 0 Å². The summed E-state index contributed by atoms with van der Waals surface area (Å²) in [6, 6.07) is 7.05. The third-order valence-electron chi connectivity index (χ3n) is 3.34. The minimum atomic E-state index is -0.737. The number of hydrogen-bond acceptors (Lipinski definition) is 4. The Morgan fingerprint density at radius 2 is 2.26 bits per heavy atom. The lowest BCUT2D eigenvalue weighted by molar-refractivity contribution is -0.142. The first-order chi connectivity index (χ1) is 9.20. The van der Waals surface area contributed by atoms with Crippen LogP contribution in [0.3, 0.4) is 0 Å². The maximum atomic E-state index is 11.0. The molecular weight excluding hydrogens is 246 g/mol. The van der Waals surface area contributed by atoms with Crippen LogP contribution in [0.1, 0.15) is 12.8 Å². The van der Waals surface area contributed by atoms with E-state index in [0.717, 1.165) is 30.9 Å². The van der Waals surface area contributed by atoms with Gasteiger partial charge in [0.1, 0.15) is 24.1 Å². The fourth-order valence-electron chi connectivity index (χ4n) is 2.35. The van der Waals surface area contributed by atoms with Gasteiger partial charge in [-0.15, -0.1) is 0 Å². The Kier molecular flexibility index (Phi) is 4.63. The summed E-state index contributed by atoms with van der Waals surface area (Å²) >= 11 is 0. The van der Waals surface area contributed by atoms with Gasteiger partial charge >= 0.3 is 5.97 Å². The van der Waals surface area contributed by atoms with Crippen LogP contribution < -0.4 is 9.47 Å². The van der Waals surface area contributed by atoms with Gasteiger partial charge in [-0.2, -0.15) is 0 Å². The van der Waals surface area contributed by atoms with E-state index in [1.165, 1.54) is 0 Å². The number of carbonyl (C=O) groups is 1. The third kappa shape index (κ3) is 3.61. The first-order valence-electron chi connectivity index (χ1n) is 6.44. The molecule has 104 valence electrons. The van der Waals surface area contributed by atoms with Gasteiger partial charge < -0.3 is 14.6 Å². The molecule has 19 heavy (non-hydrogen) atoms. The van der Waals surface area contributed by atoms with Crippen LogP contribution in [-0.2, 0) is 4.79 Å². The first kappa shape index (κ1) is 13.7. The first-order valence-corrected chi connectivity index (χ1v) is 6.44. The van der Waals surface area contributed by atoms with Gasteiger partial charge in [-0.1, -0.05) is 6.07 Å². The number of aliphatic carboxylic acids is 1. The molecule has 0 saturated carbocycles. The SMILES string of the molecule is COc1cccc(OCCN2CCC[C@H]2C(=O)O)c1. The largest absolute Gasteiger partial charge is 0.497 e. The molecule has 1 fully saturated rings. The molecule has 0 radical (unpaired) electrons. The lowest BCUT2D eigenvalue weighted by Crippen LogP contribution is -2.38. The number of nitrogens with zero attached hydrogens (tertiary/aromatic N) is 1. The van der Waals surface area contributed by atoms with E-state index in [1.54, 1.807) is 7.11 Å². The molecule has 0 spiro atoms. The number of ether oxygens (including phenoxy) is 2. The van der Waals surface area contributed by atoms with Gasteiger partial charge in [-0.25, -0.2) is 0 Å². The van der Waals surface area contributed by atoms with Crippen LogP contribution in [0, 0.1) is 0 Å². The van der Waals surface area contributed by atoms with E-state index in [1.807, 2.05) is 29.2 Å². The van der Waals surface area contributed by atoms with Crippen molar-refractivity contribution in [1.29, 1.82) is 0 Å². The van der Waals surface area contributed by atoms with Crippen molar-refractivity contribution < 1.29 is 19.4 Å². The highest BCUT2D eigenvalue weighted by molar-refractivity contribution is 5.73. The second-order valence-corrected chi connectivity index (χ2v) is 4.56. The number of hydrogen-bond donors (Lipinski definition) is 1. The Bertz CT molecular complexity index is 435. The molecule has 1 aromatic rings. The number of carboxylic acids is 1. The van der Waals surface area contributed by atoms with Crippen molar-refractivity contribution >= 4 is 5.97 Å². The molecule has 1 atom stereocenters. The monoisotopic (exact) mass is 265 g/mol. The molecule has 1 aromatic carbocycles. The molecule has 0 aromatic heterocycles. The summed E-state index contributed by atoms with van der Waals surface area (Å²) in [6.07, 6.45) is 1.67. The van der Waals surface area contributed by atoms with E-state index in [9.17, 15) is 4.79 Å². The standard InChI is InChI=1S/C14H19NO4/c1-18-11-4-2-5-12(10-11)19-9-8-15-7-3-6-13(15)14(16)17/h2,4-5,10,13H,3,6-9H2,1H3,(H,16,17)/t13-/m0/s1. The summed E-state index contributed by atoms with van der Waals surface area (Å²) in [5.74, 6) is 0.756. The highest BCUT2D eigenvalue weighted by Gasteiger charge is 2.29. The second-order valence-electron chi connectivity index (χ2n) is 4.56. The molecule has 0 bridgehead atoms. The van der Waals surface area contributed by atoms with E-state index >= 15 is 0 Å². The smallest absolute Gasteiger partial charge is 0.320 e. The van der Waals surface area contributed by atoms with Gasteiger partial charge in [-0.3, -0.25) is 9.69 Å². The molecule has 0 aliphatic carbocycles. The number of carboxylic acid groups (broad SMARTS) is 1. The summed E-state index contributed by atoms with van der Waals surface area (Å²) in [4.78, 5) is 13.0. The molecule has 1 saturated heterocycles. The molecule has 1 heterocycles. The van der Waals surface area contributed by atoms with Crippen molar-refractivity contribution in [1.82, 2.24) is 4.90 Å². The zero-order valence-electron chi connectivity index (χ0n) is 11.0. The molecule has 5 heteroatoms. The Labute approximate surface area is 112 Å². The van der Waals surface area contributed by atoms with Crippen molar-refractivity contribution in [2.45, 2.75) is 18.9 Å². The number of likely N-dealkylation sites (tertiary alicyclic amines) is 1. The molecule has 1 N–H and O–H groups in total. The normalized spacial score (nSPS) is 19.3. The van der Waals surface area contributed by atoms with E-state index in [0.29, 0.717) is 13.2 Å². The number of benzene rings is 1. The Morgan fingerprint density at radius 3 is 3.00 bits per heavy atom. The molecule has 5 nitrogen and oxygen atoms in total. The summed E-state index contributed by atoms with van der Waals surface area (Å²) in [5, 5.41) is 9.07. The highest BCUT2D eigenvalue weighted by Crippen LogP contribution is 2.20. The van der Waals surface area contributed by atoms with Crippen molar-refractivity contribution in [2.75, 3.05) is 26.8 Å². The van der Waals surface area contributed by atoms with Gasteiger partial charge in [0.05, 0.1) is 7.11 Å². The fraction of sp³-hybridized carbons (Fsp3) is 0.500. The van der Waals surface area contributed by atoms with Gasteiger partial charge in [0.25, 0.3) is 0 Å². The zero-order chi connectivity index (χ0) is 13.7. The molecule has 0 amide bonds. The maximum absolute atomic E-state index is 11.0. The lowest BCUT2D eigenvalue weighted by Gasteiger charge is -2.20. The van der Waals surface area contributed by atoms with Crippen LogP contribution in [0.15, 0.2) is 24.3 Å². The second kappa shape index (κ2) is 6.43. The number of methoxy groups -OCH3 is 1. The van der Waals surface area contributed by atoms with Crippen LogP contribution in [0.4, 0.5) is 0 Å². The van der Waals surface area contributed by atoms with Gasteiger partial charge in [0.2, 0.25) is 0 Å². The van der Waals surface area contributed by atoms with Gasteiger partial charge in [0, 0.05) is 12.6 Å². The van der Waals surface area contributed by atoms with Crippen LogP contribution in [0.2, 0.25) is 0 Å². The highest BCUT2D eigenvalue weighted by atomic mass is 16.5. The Morgan fingerprint density at radius 1 is 1.47 bits per heavy atom. The molecule has 1 aliphatic rings. The zero-order valence-corrected chi connectivity index (χ0v) is 11.0. The van der Waals surface area contributed by atoms with Crippen molar-refractivity contribution in [3.63, 3.8) is 0 Å². The molecular formula is C14H19NO4. The Balaban J connectivity index is 1.81. The van der Waals surface area contributed by atoms with Crippen LogP contribution in [-0.4, -0.2) is 48.8 Å². The minimum Gasteiger partial charge on any atom is -0.497 e. The summed E-state index contributed by atoms with van der Waals surface area (Å²) < 4.78 is 10.7. The molecule has 1 aliphatic heterocycles.